The number of carbonyl (C=O) groups is 4. The second-order valence-electron chi connectivity index (χ2n) is 40.7. The minimum absolute atomic E-state index is 0.00117. The first-order valence-corrected chi connectivity index (χ1v) is 45.5. The molecule has 0 spiro atoms. The van der Waals surface area contributed by atoms with Crippen LogP contribution in [0.25, 0.3) is 0 Å². The highest BCUT2D eigenvalue weighted by atomic mass is 16.8. The van der Waals surface area contributed by atoms with Crippen LogP contribution in [0.5, 0.6) is 0 Å². The fourth-order valence-electron chi connectivity index (χ4n) is 23.1. The molecular weight excluding hydrogens is 1760 g/mol. The molecule has 0 aromatic rings. The van der Waals surface area contributed by atoms with E-state index in [0.29, 0.717) is 44.9 Å². The quantitative estimate of drug-likeness (QED) is 0.0109. The Morgan fingerprint density at radius 2 is 1.11 bits per heavy atom. The first-order chi connectivity index (χ1) is 61.9. The number of rotatable bonds is 29. The molecule has 5 aliphatic carbocycles. The molecule has 13 rings (SSSR count). The maximum atomic E-state index is 16.6. The van der Waals surface area contributed by atoms with Gasteiger partial charge in [0.25, 0.3) is 0 Å². The fourth-order valence-corrected chi connectivity index (χ4v) is 23.1. The van der Waals surface area contributed by atoms with Crippen molar-refractivity contribution in [2.75, 3.05) is 59.5 Å². The van der Waals surface area contributed by atoms with Crippen LogP contribution in [0.15, 0.2) is 36.0 Å². The van der Waals surface area contributed by atoms with Crippen LogP contribution in [0.3, 0.4) is 0 Å². The average Bonchev–Trinajstić information content (AvgIpc) is 0.781. The van der Waals surface area contributed by atoms with Gasteiger partial charge in [-0.15, -0.1) is 6.58 Å². The third-order valence-corrected chi connectivity index (χ3v) is 31.2. The lowest BCUT2D eigenvalue weighted by Crippen LogP contribution is -2.70. The van der Waals surface area contributed by atoms with Gasteiger partial charge in [-0.3, -0.25) is 14.4 Å². The molecule has 44 heteroatoms. The number of fused-ring (bicyclic) bond motifs is 7. The standard InChI is InChI=1S/C88H139NO43/c1-13-83(9,113)20-14-15-36(2)71(111)115-32-46-66(129-77-68(121-38(4)94)59(105)56(102)45(28-91)123-77)62(108)69(131-74-63(109)64(43(97)31-117-74)127-79-70(110)87(114,34-92)35-120-79)78(125-46)132-80(112)88-24-23-81(5,6)25-40(88)39-16-17-49-84(10)21-19-51(82(7,8)48(84)18-22-85(49,11)86(39,12)26-50(88)98)126-72-52(89-37(3)93)57(103)65(128-75-61(107)58(104)55(101)44(27-90)122-75)47(124-72)33-119-76-67(54(100)42(96)30-118-76)130-73-60(106)53(99)41(95)29-116-73/h13,15-16,40-70,72-79,90-92,95-110,113-114H,1,14,17-35H2,2-12H3,(H,89,93)/b36-15+/t40-,41-,42-,43-,44-,45-,46-,47-,48+,49-,50-,51+,52-,53+,54+,55-,56-,57-,58+,59+,60-,61-,62+,63-,64+,65-,66-,67-,68-,69-,70+,72+,73+,74+,75+,76+,77+,78+,79+,83+,84+,85-,86-,87-,88+/m0/s1. The smallest absolute Gasteiger partial charge is 0.333 e. The number of allylic oxidation sites excluding steroid dienone is 3. The van der Waals surface area contributed by atoms with Crippen LogP contribution in [0, 0.1) is 50.2 Å². The Kier molecular flexibility index (Phi) is 32.7. The summed E-state index contributed by atoms with van der Waals surface area (Å²) in [7, 11) is 0. The fraction of sp³-hybridized carbons (Fsp3) is 0.886. The van der Waals surface area contributed by atoms with E-state index < -0.39 is 354 Å². The number of aliphatic hydroxyl groups excluding tert-OH is 19. The summed E-state index contributed by atoms with van der Waals surface area (Å²) in [6.45, 7) is 16.6. The van der Waals surface area contributed by atoms with Crippen molar-refractivity contribution in [1.29, 1.82) is 0 Å². The summed E-state index contributed by atoms with van der Waals surface area (Å²) in [5.74, 6) is -4.87. The lowest BCUT2D eigenvalue weighted by Gasteiger charge is -2.72. The van der Waals surface area contributed by atoms with Crippen molar-refractivity contribution >= 4 is 23.8 Å². The summed E-state index contributed by atoms with van der Waals surface area (Å²) < 4.78 is 110. The van der Waals surface area contributed by atoms with Crippen molar-refractivity contribution in [2.24, 2.45) is 50.2 Å². The molecule has 754 valence electrons. The van der Waals surface area contributed by atoms with Crippen LogP contribution in [0.4, 0.5) is 0 Å². The summed E-state index contributed by atoms with van der Waals surface area (Å²) >= 11 is 0. The van der Waals surface area contributed by atoms with E-state index in [9.17, 15) is 122 Å². The summed E-state index contributed by atoms with van der Waals surface area (Å²) in [4.78, 5) is 56.9. The molecule has 12 fully saturated rings. The Balaban J connectivity index is 0.802. The van der Waals surface area contributed by atoms with E-state index in [0.717, 1.165) is 12.5 Å². The highest BCUT2D eigenvalue weighted by Gasteiger charge is 2.73. The van der Waals surface area contributed by atoms with Crippen LogP contribution in [0.2, 0.25) is 0 Å². The van der Waals surface area contributed by atoms with Crippen molar-refractivity contribution in [2.45, 2.75) is 379 Å². The van der Waals surface area contributed by atoms with E-state index in [1.165, 1.54) is 32.9 Å². The molecular formula is C88H139NO43. The second kappa shape index (κ2) is 41.1. The predicted octanol–water partition coefficient (Wildman–Crippen LogP) is -6.28. The Labute approximate surface area is 762 Å². The molecule has 22 N–H and O–H groups in total. The third-order valence-electron chi connectivity index (χ3n) is 31.2. The zero-order valence-electron chi connectivity index (χ0n) is 76.0. The van der Waals surface area contributed by atoms with Gasteiger partial charge in [-0.25, -0.2) is 4.79 Å². The molecule has 1 amide bonds. The molecule has 0 bridgehead atoms. The molecule has 0 unspecified atom stereocenters. The van der Waals surface area contributed by atoms with Gasteiger partial charge in [0.1, 0.15) is 164 Å². The highest BCUT2D eigenvalue weighted by Crippen LogP contribution is 2.76. The number of hydrogen-bond acceptors (Lipinski definition) is 43. The maximum Gasteiger partial charge on any atom is 0.333 e. The molecule has 0 radical (unpaired) electrons. The van der Waals surface area contributed by atoms with Gasteiger partial charge in [0.05, 0.1) is 70.7 Å². The summed E-state index contributed by atoms with van der Waals surface area (Å²) in [6, 6.07) is -1.51. The molecule has 8 aliphatic heterocycles. The maximum absolute atomic E-state index is 16.6. The first kappa shape index (κ1) is 105. The topological polar surface area (TPSA) is 671 Å². The van der Waals surface area contributed by atoms with Crippen molar-refractivity contribution < 1.29 is 212 Å². The van der Waals surface area contributed by atoms with Gasteiger partial charge in [-0.2, -0.15) is 0 Å². The highest BCUT2D eigenvalue weighted by molar-refractivity contribution is 5.87. The molecule has 13 aliphatic rings. The van der Waals surface area contributed by atoms with Crippen molar-refractivity contribution in [3.8, 4) is 0 Å². The molecule has 4 saturated carbocycles. The number of carbonyl (C=O) groups excluding carboxylic acids is 4. The minimum Gasteiger partial charge on any atom is -0.459 e. The van der Waals surface area contributed by atoms with Gasteiger partial charge in [0.15, 0.2) is 56.2 Å². The molecule has 132 heavy (non-hydrogen) atoms. The van der Waals surface area contributed by atoms with Crippen LogP contribution >= 0.6 is 0 Å². The summed E-state index contributed by atoms with van der Waals surface area (Å²) in [6.07, 6.45) is -55.5. The minimum atomic E-state index is -2.31. The third kappa shape index (κ3) is 20.2. The largest absolute Gasteiger partial charge is 0.459 e. The van der Waals surface area contributed by atoms with Gasteiger partial charge in [-0.05, 0) is 129 Å². The van der Waals surface area contributed by atoms with Gasteiger partial charge in [-0.1, -0.05) is 72.3 Å². The van der Waals surface area contributed by atoms with Gasteiger partial charge < -0.3 is 198 Å². The van der Waals surface area contributed by atoms with E-state index in [4.69, 9.17) is 85.3 Å². The van der Waals surface area contributed by atoms with E-state index in [1.54, 1.807) is 0 Å². The average molecular weight is 1900 g/mol. The first-order valence-electron chi connectivity index (χ1n) is 45.5. The number of nitrogens with one attached hydrogen (secondary N) is 1. The summed E-state index contributed by atoms with van der Waals surface area (Å²) in [5, 5.41) is 239. The van der Waals surface area contributed by atoms with Crippen molar-refractivity contribution in [3.63, 3.8) is 0 Å². The Hall–Kier alpha value is -4.34. The molecule has 0 aromatic carbocycles. The Morgan fingerprint density at radius 3 is 1.74 bits per heavy atom. The van der Waals surface area contributed by atoms with Gasteiger partial charge in [0.2, 0.25) is 12.2 Å². The van der Waals surface area contributed by atoms with E-state index in [2.05, 4.69) is 52.6 Å². The zero-order valence-corrected chi connectivity index (χ0v) is 76.0. The van der Waals surface area contributed by atoms with Crippen LogP contribution in [0.1, 0.15) is 147 Å². The number of esters is 3. The second-order valence-corrected chi connectivity index (χ2v) is 40.7. The van der Waals surface area contributed by atoms with Crippen LogP contribution in [-0.4, -0.2) is 423 Å². The molecule has 8 saturated heterocycles. The van der Waals surface area contributed by atoms with Gasteiger partial charge in [0, 0.05) is 19.4 Å². The van der Waals surface area contributed by atoms with E-state index in [-0.39, 0.29) is 43.1 Å². The number of hydrogen-bond donors (Lipinski definition) is 22. The Bertz CT molecular complexity index is 4010. The monoisotopic (exact) mass is 1900 g/mol. The van der Waals surface area contributed by atoms with E-state index in [1.807, 2.05) is 13.8 Å². The lowest BCUT2D eigenvalue weighted by molar-refractivity contribution is -0.382. The number of aliphatic hydroxyl groups is 21. The number of ether oxygens (including phenoxy) is 18. The molecule has 8 heterocycles. The molecule has 44 nitrogen and oxygen atoms in total. The molecule has 0 aromatic heterocycles. The Morgan fingerprint density at radius 1 is 0.538 bits per heavy atom. The zero-order chi connectivity index (χ0) is 96.7. The van der Waals surface area contributed by atoms with E-state index >= 15 is 4.79 Å². The normalized spacial score (nSPS) is 48.9. The summed E-state index contributed by atoms with van der Waals surface area (Å²) in [5.41, 5.74) is -7.96. The van der Waals surface area contributed by atoms with Crippen LogP contribution < -0.4 is 5.32 Å². The molecule has 45 atom stereocenters. The SMILES string of the molecule is C=C[C@@](C)(O)CC/C=C(\C)C(=O)OC[C@@H]1O[C@H](OC(=O)[C@]23CCC(C)(C)C[C@H]2C2=CC[C@H]4[C@]5(C)CC[C@@H](O[C@H]6O[C@@H](CO[C@H]7OC[C@H](O)[C@@H](O)[C@@H]7O[C@H]7OC[C@H](O)[C@@H](O)[C@@H]7O)[C@H](O[C@H]7O[C@@H](CO)[C@H](O)[C@@H](O)[C@@H]7O)[C@@H](O)[C@@H]6NC(C)=O)C(C)(C)[C@H]5CC[C@]4(C)[C@@]2(C)C[C@@H]3O)[C@@H](O[C@H]2OC[C@H](O)[C@@H](O[C@H]3OC[C@@](O)(CO)[C@@H]3O)[C@@H]2O)[C@H](O)[C@H]1O[C@H]1O[C@@H](CO)[C@H](O)[C@@H](O)[C@@H]1OC(C)=O. The lowest BCUT2D eigenvalue weighted by atomic mass is 9.33. The van der Waals surface area contributed by atoms with Crippen molar-refractivity contribution in [3.05, 3.63) is 36.0 Å². The van der Waals surface area contributed by atoms with Crippen LogP contribution in [-0.2, 0) is 104 Å². The number of amides is 1. The predicted molar refractivity (Wildman–Crippen MR) is 440 cm³/mol. The van der Waals surface area contributed by atoms with Gasteiger partial charge >= 0.3 is 17.9 Å². The van der Waals surface area contributed by atoms with Crippen molar-refractivity contribution in [1.82, 2.24) is 5.32 Å².